The summed E-state index contributed by atoms with van der Waals surface area (Å²) in [6, 6.07) is 4.27. The molecule has 0 fully saturated rings. The van der Waals surface area contributed by atoms with Crippen molar-refractivity contribution in [3.63, 3.8) is 0 Å². The first kappa shape index (κ1) is 12.4. The number of nitro benzene ring substituents is 1. The lowest BCUT2D eigenvalue weighted by Crippen LogP contribution is -2.28. The SMILES string of the molecule is CCC(C)N(C)c1cccc(F)c1[N+](=O)[O-]. The number of nitro groups is 1. The van der Waals surface area contributed by atoms with Crippen molar-refractivity contribution in [2.24, 2.45) is 0 Å². The van der Waals surface area contributed by atoms with Gasteiger partial charge < -0.3 is 4.90 Å². The summed E-state index contributed by atoms with van der Waals surface area (Å²) < 4.78 is 13.4. The number of hydrogen-bond donors (Lipinski definition) is 0. The molecule has 1 rings (SSSR count). The number of hydrogen-bond acceptors (Lipinski definition) is 3. The molecule has 16 heavy (non-hydrogen) atoms. The van der Waals surface area contributed by atoms with Crippen LogP contribution in [0.15, 0.2) is 18.2 Å². The van der Waals surface area contributed by atoms with E-state index in [4.69, 9.17) is 0 Å². The van der Waals surface area contributed by atoms with E-state index in [2.05, 4.69) is 0 Å². The van der Waals surface area contributed by atoms with Crippen LogP contribution in [0.5, 0.6) is 0 Å². The molecule has 0 amide bonds. The average Bonchev–Trinajstić information content (AvgIpc) is 2.26. The fourth-order valence-corrected chi connectivity index (χ4v) is 1.48. The van der Waals surface area contributed by atoms with Crippen LogP contribution in [0.4, 0.5) is 15.8 Å². The third-order valence-electron chi connectivity index (χ3n) is 2.78. The normalized spacial score (nSPS) is 12.2. The van der Waals surface area contributed by atoms with E-state index in [0.717, 1.165) is 12.5 Å². The van der Waals surface area contributed by atoms with Crippen LogP contribution in [-0.2, 0) is 0 Å². The first-order valence-corrected chi connectivity index (χ1v) is 5.14. The van der Waals surface area contributed by atoms with Crippen molar-refractivity contribution in [1.82, 2.24) is 0 Å². The van der Waals surface area contributed by atoms with Crippen molar-refractivity contribution >= 4 is 11.4 Å². The van der Waals surface area contributed by atoms with Crippen molar-refractivity contribution in [3.05, 3.63) is 34.1 Å². The number of benzene rings is 1. The van der Waals surface area contributed by atoms with Crippen molar-refractivity contribution in [1.29, 1.82) is 0 Å². The molecule has 1 aromatic carbocycles. The fraction of sp³-hybridized carbons (Fsp3) is 0.455. The van der Waals surface area contributed by atoms with E-state index in [0.29, 0.717) is 5.69 Å². The van der Waals surface area contributed by atoms with Crippen LogP contribution in [0, 0.1) is 15.9 Å². The maximum atomic E-state index is 13.4. The fourth-order valence-electron chi connectivity index (χ4n) is 1.48. The Kier molecular flexibility index (Phi) is 3.82. The van der Waals surface area contributed by atoms with E-state index < -0.39 is 16.4 Å². The summed E-state index contributed by atoms with van der Waals surface area (Å²) in [5, 5.41) is 10.8. The molecule has 0 aliphatic heterocycles. The molecule has 4 nitrogen and oxygen atoms in total. The molecule has 0 aliphatic rings. The zero-order valence-electron chi connectivity index (χ0n) is 9.61. The smallest absolute Gasteiger partial charge is 0.327 e. The van der Waals surface area contributed by atoms with Gasteiger partial charge in [0.1, 0.15) is 5.69 Å². The molecule has 0 saturated carbocycles. The molecule has 1 unspecified atom stereocenters. The van der Waals surface area contributed by atoms with Crippen LogP contribution >= 0.6 is 0 Å². The molecule has 0 aliphatic carbocycles. The Morgan fingerprint density at radius 3 is 2.69 bits per heavy atom. The predicted molar refractivity (Wildman–Crippen MR) is 61.2 cm³/mol. The quantitative estimate of drug-likeness (QED) is 0.585. The highest BCUT2D eigenvalue weighted by atomic mass is 19.1. The third-order valence-corrected chi connectivity index (χ3v) is 2.78. The number of rotatable bonds is 4. The molecule has 0 N–H and O–H groups in total. The Bertz CT molecular complexity index is 396. The molecular weight excluding hydrogens is 211 g/mol. The Labute approximate surface area is 93.8 Å². The number of halogens is 1. The summed E-state index contributed by atoms with van der Waals surface area (Å²) in [7, 11) is 1.73. The van der Waals surface area contributed by atoms with Crippen LogP contribution in [0.1, 0.15) is 20.3 Å². The zero-order valence-corrected chi connectivity index (χ0v) is 9.61. The van der Waals surface area contributed by atoms with E-state index in [1.807, 2.05) is 13.8 Å². The maximum absolute atomic E-state index is 13.4. The summed E-state index contributed by atoms with van der Waals surface area (Å²) in [5.74, 6) is -0.794. The minimum atomic E-state index is -0.794. The molecule has 0 bridgehead atoms. The first-order chi connectivity index (χ1) is 7.49. The van der Waals surface area contributed by atoms with E-state index in [9.17, 15) is 14.5 Å². The van der Waals surface area contributed by atoms with Crippen molar-refractivity contribution < 1.29 is 9.31 Å². The summed E-state index contributed by atoms with van der Waals surface area (Å²) in [6.45, 7) is 3.92. The number of anilines is 1. The lowest BCUT2D eigenvalue weighted by molar-refractivity contribution is -0.386. The molecule has 0 saturated heterocycles. The lowest BCUT2D eigenvalue weighted by Gasteiger charge is -2.25. The Morgan fingerprint density at radius 2 is 2.19 bits per heavy atom. The maximum Gasteiger partial charge on any atom is 0.327 e. The standard InChI is InChI=1S/C11H15FN2O2/c1-4-8(2)13(3)10-7-5-6-9(12)11(10)14(15)16/h5-8H,4H2,1-3H3. The molecule has 0 spiro atoms. The Balaban J connectivity index is 3.22. The molecule has 1 aromatic rings. The van der Waals surface area contributed by atoms with E-state index in [-0.39, 0.29) is 6.04 Å². The number of nitrogens with zero attached hydrogens (tertiary/aromatic N) is 2. The summed E-state index contributed by atoms with van der Waals surface area (Å²) in [6.07, 6.45) is 0.837. The van der Waals surface area contributed by atoms with Gasteiger partial charge in [0, 0.05) is 13.1 Å². The van der Waals surface area contributed by atoms with Crippen molar-refractivity contribution in [3.8, 4) is 0 Å². The second kappa shape index (κ2) is 4.92. The van der Waals surface area contributed by atoms with Gasteiger partial charge in [-0.3, -0.25) is 10.1 Å². The van der Waals surface area contributed by atoms with Gasteiger partial charge in [-0.2, -0.15) is 4.39 Å². The lowest BCUT2D eigenvalue weighted by atomic mass is 10.2. The molecule has 0 radical (unpaired) electrons. The van der Waals surface area contributed by atoms with Crippen molar-refractivity contribution in [2.75, 3.05) is 11.9 Å². The minimum absolute atomic E-state index is 0.125. The Morgan fingerprint density at radius 1 is 1.56 bits per heavy atom. The summed E-state index contributed by atoms with van der Waals surface area (Å²) in [5.41, 5.74) is -0.135. The van der Waals surface area contributed by atoms with Gasteiger partial charge in [0.25, 0.3) is 0 Å². The number of para-hydroxylation sites is 1. The predicted octanol–water partition coefficient (Wildman–Crippen LogP) is 2.97. The van der Waals surface area contributed by atoms with Crippen LogP contribution in [0.25, 0.3) is 0 Å². The summed E-state index contributed by atoms with van der Waals surface area (Å²) in [4.78, 5) is 11.8. The van der Waals surface area contributed by atoms with Crippen molar-refractivity contribution in [2.45, 2.75) is 26.3 Å². The van der Waals surface area contributed by atoms with Gasteiger partial charge in [0.05, 0.1) is 4.92 Å². The van der Waals surface area contributed by atoms with Crippen LogP contribution in [0.2, 0.25) is 0 Å². The summed E-state index contributed by atoms with van der Waals surface area (Å²) >= 11 is 0. The molecule has 0 aromatic heterocycles. The third kappa shape index (κ3) is 2.29. The van der Waals surface area contributed by atoms with Crippen LogP contribution in [-0.4, -0.2) is 18.0 Å². The molecule has 5 heteroatoms. The van der Waals surface area contributed by atoms with E-state index in [1.54, 1.807) is 18.0 Å². The molecule has 0 heterocycles. The zero-order chi connectivity index (χ0) is 12.3. The van der Waals surface area contributed by atoms with Gasteiger partial charge in [-0.05, 0) is 25.5 Å². The van der Waals surface area contributed by atoms with Crippen LogP contribution in [0.3, 0.4) is 0 Å². The highest BCUT2D eigenvalue weighted by molar-refractivity contribution is 5.63. The van der Waals surface area contributed by atoms with E-state index >= 15 is 0 Å². The topological polar surface area (TPSA) is 46.4 Å². The highest BCUT2D eigenvalue weighted by Gasteiger charge is 2.23. The van der Waals surface area contributed by atoms with Crippen LogP contribution < -0.4 is 4.90 Å². The van der Waals surface area contributed by atoms with Gasteiger partial charge in [-0.25, -0.2) is 0 Å². The second-order valence-corrected chi connectivity index (χ2v) is 3.73. The molecular formula is C11H15FN2O2. The van der Waals surface area contributed by atoms with Gasteiger partial charge in [-0.15, -0.1) is 0 Å². The molecule has 88 valence electrons. The van der Waals surface area contributed by atoms with Gasteiger partial charge in [0.2, 0.25) is 5.82 Å². The van der Waals surface area contributed by atoms with Gasteiger partial charge >= 0.3 is 5.69 Å². The van der Waals surface area contributed by atoms with Gasteiger partial charge in [0.15, 0.2) is 0 Å². The average molecular weight is 226 g/mol. The Hall–Kier alpha value is -1.65. The van der Waals surface area contributed by atoms with E-state index in [1.165, 1.54) is 6.07 Å². The largest absolute Gasteiger partial charge is 0.366 e. The second-order valence-electron chi connectivity index (χ2n) is 3.73. The van der Waals surface area contributed by atoms with Gasteiger partial charge in [-0.1, -0.05) is 13.0 Å². The monoisotopic (exact) mass is 226 g/mol. The highest BCUT2D eigenvalue weighted by Crippen LogP contribution is 2.31. The first-order valence-electron chi connectivity index (χ1n) is 5.14. The molecule has 1 atom stereocenters. The minimum Gasteiger partial charge on any atom is -0.366 e.